The summed E-state index contributed by atoms with van der Waals surface area (Å²) in [6.45, 7) is 1.99. The number of quaternary nitrogens is 1. The Morgan fingerprint density at radius 1 is 1.28 bits per heavy atom. The predicted molar refractivity (Wildman–Crippen MR) is 96.0 cm³/mol. The van der Waals surface area contributed by atoms with E-state index in [9.17, 15) is 9.18 Å². The highest BCUT2D eigenvalue weighted by molar-refractivity contribution is 6.35. The molecule has 0 fully saturated rings. The van der Waals surface area contributed by atoms with E-state index in [1.807, 2.05) is 6.92 Å². The van der Waals surface area contributed by atoms with Gasteiger partial charge in [0.15, 0.2) is 6.54 Å². The lowest BCUT2D eigenvalue weighted by Gasteiger charge is -2.13. The minimum Gasteiger partial charge on any atom is -0.332 e. The Morgan fingerprint density at radius 2 is 1.96 bits per heavy atom. The molecule has 2 rings (SSSR count). The number of amides is 1. The summed E-state index contributed by atoms with van der Waals surface area (Å²) in [5.74, 6) is -0.728. The molecular formula is C18H17Cl2FN3O+. The van der Waals surface area contributed by atoms with Gasteiger partial charge in [0, 0.05) is 11.3 Å². The zero-order valence-electron chi connectivity index (χ0n) is 13.5. The van der Waals surface area contributed by atoms with Crippen molar-refractivity contribution >= 4 is 34.8 Å². The SMILES string of the molecule is C[C@@H]([NH2+]CC(=O)Nc1ccc(CC#N)cc1)c1cc(F)c(Cl)cc1Cl. The monoisotopic (exact) mass is 380 g/mol. The maximum atomic E-state index is 13.6. The molecule has 25 heavy (non-hydrogen) atoms. The van der Waals surface area contributed by atoms with Crippen LogP contribution in [0, 0.1) is 17.1 Å². The van der Waals surface area contributed by atoms with Crippen molar-refractivity contribution in [3.05, 3.63) is 63.4 Å². The number of nitrogens with zero attached hydrogens (tertiary/aromatic N) is 1. The van der Waals surface area contributed by atoms with Gasteiger partial charge in [-0.1, -0.05) is 35.3 Å². The number of carbonyl (C=O) groups is 1. The summed E-state index contributed by atoms with van der Waals surface area (Å²) in [6, 6.07) is 11.6. The molecule has 130 valence electrons. The van der Waals surface area contributed by atoms with Crippen LogP contribution in [0.5, 0.6) is 0 Å². The highest BCUT2D eigenvalue weighted by Crippen LogP contribution is 2.27. The number of carbonyl (C=O) groups excluding carboxylic acids is 1. The van der Waals surface area contributed by atoms with Gasteiger partial charge < -0.3 is 10.6 Å². The average Bonchev–Trinajstić information content (AvgIpc) is 2.58. The molecule has 0 spiro atoms. The molecule has 0 saturated heterocycles. The smallest absolute Gasteiger partial charge is 0.279 e. The molecule has 2 aromatic rings. The molecule has 0 aliphatic carbocycles. The number of rotatable bonds is 6. The maximum absolute atomic E-state index is 13.6. The highest BCUT2D eigenvalue weighted by atomic mass is 35.5. The number of anilines is 1. The van der Waals surface area contributed by atoms with Crippen molar-refractivity contribution in [1.29, 1.82) is 5.26 Å². The number of nitrogens with two attached hydrogens (primary N) is 1. The molecule has 0 heterocycles. The zero-order chi connectivity index (χ0) is 18.4. The fourth-order valence-electron chi connectivity index (χ4n) is 2.31. The van der Waals surface area contributed by atoms with Crippen molar-refractivity contribution in [2.75, 3.05) is 11.9 Å². The van der Waals surface area contributed by atoms with Crippen LogP contribution in [-0.4, -0.2) is 12.5 Å². The Balaban J connectivity index is 1.91. The van der Waals surface area contributed by atoms with Crippen molar-refractivity contribution in [3.8, 4) is 6.07 Å². The van der Waals surface area contributed by atoms with E-state index < -0.39 is 5.82 Å². The van der Waals surface area contributed by atoms with Gasteiger partial charge in [-0.25, -0.2) is 4.39 Å². The zero-order valence-corrected chi connectivity index (χ0v) is 15.0. The highest BCUT2D eigenvalue weighted by Gasteiger charge is 2.17. The Labute approximate surface area is 155 Å². The molecule has 3 N–H and O–H groups in total. The first kappa shape index (κ1) is 19.2. The van der Waals surface area contributed by atoms with Crippen molar-refractivity contribution in [2.45, 2.75) is 19.4 Å². The molecule has 7 heteroatoms. The first-order chi connectivity index (χ1) is 11.9. The van der Waals surface area contributed by atoms with Crippen molar-refractivity contribution in [1.82, 2.24) is 0 Å². The molecular weight excluding hydrogens is 364 g/mol. The van der Waals surface area contributed by atoms with Gasteiger partial charge >= 0.3 is 0 Å². The van der Waals surface area contributed by atoms with Gasteiger partial charge in [0.1, 0.15) is 11.9 Å². The summed E-state index contributed by atoms with van der Waals surface area (Å²) in [6.07, 6.45) is 0.331. The van der Waals surface area contributed by atoms with E-state index in [-0.39, 0.29) is 23.5 Å². The minimum absolute atomic E-state index is 0.0291. The molecule has 4 nitrogen and oxygen atoms in total. The Morgan fingerprint density at radius 3 is 2.60 bits per heavy atom. The summed E-state index contributed by atoms with van der Waals surface area (Å²) in [5.41, 5.74) is 2.13. The van der Waals surface area contributed by atoms with E-state index in [2.05, 4.69) is 11.4 Å². The fourth-order valence-corrected chi connectivity index (χ4v) is 2.86. The molecule has 0 aliphatic heterocycles. The lowest BCUT2D eigenvalue weighted by Crippen LogP contribution is -2.86. The number of benzene rings is 2. The van der Waals surface area contributed by atoms with Gasteiger partial charge in [0.2, 0.25) is 0 Å². The van der Waals surface area contributed by atoms with Crippen molar-refractivity contribution in [3.63, 3.8) is 0 Å². The second-order valence-electron chi connectivity index (χ2n) is 5.60. The summed E-state index contributed by atoms with van der Waals surface area (Å²) in [4.78, 5) is 12.0. The van der Waals surface area contributed by atoms with E-state index in [0.29, 0.717) is 22.7 Å². The van der Waals surface area contributed by atoms with Crippen LogP contribution >= 0.6 is 23.2 Å². The summed E-state index contributed by atoms with van der Waals surface area (Å²) in [5, 5.41) is 13.5. The van der Waals surface area contributed by atoms with Crippen molar-refractivity contribution in [2.24, 2.45) is 0 Å². The largest absolute Gasteiger partial charge is 0.332 e. The van der Waals surface area contributed by atoms with Crippen LogP contribution in [0.15, 0.2) is 36.4 Å². The van der Waals surface area contributed by atoms with Crippen LogP contribution in [0.25, 0.3) is 0 Å². The van der Waals surface area contributed by atoms with E-state index in [4.69, 9.17) is 28.5 Å². The first-order valence-corrected chi connectivity index (χ1v) is 8.39. The van der Waals surface area contributed by atoms with E-state index in [1.54, 1.807) is 29.6 Å². The Hall–Kier alpha value is -2.13. The lowest BCUT2D eigenvalue weighted by molar-refractivity contribution is -0.682. The van der Waals surface area contributed by atoms with Gasteiger partial charge in [-0.15, -0.1) is 0 Å². The third-order valence-corrected chi connectivity index (χ3v) is 4.32. The minimum atomic E-state index is -0.539. The van der Waals surface area contributed by atoms with Gasteiger partial charge in [-0.05, 0) is 36.8 Å². The van der Waals surface area contributed by atoms with Crippen LogP contribution < -0.4 is 10.6 Å². The van der Waals surface area contributed by atoms with Crippen molar-refractivity contribution < 1.29 is 14.5 Å². The van der Waals surface area contributed by atoms with Crippen LogP contribution in [0.4, 0.5) is 10.1 Å². The standard InChI is InChI=1S/C18H16Cl2FN3O/c1-11(14-8-17(21)16(20)9-15(14)19)23-10-18(25)24-13-4-2-12(3-5-13)6-7-22/h2-5,8-9,11,23H,6,10H2,1H3,(H,24,25)/p+1/t11-/m1/s1. The van der Waals surface area contributed by atoms with Gasteiger partial charge in [-0.3, -0.25) is 4.79 Å². The topological polar surface area (TPSA) is 69.5 Å². The Kier molecular flexibility index (Phi) is 6.77. The molecule has 0 radical (unpaired) electrons. The van der Waals surface area contributed by atoms with E-state index in [0.717, 1.165) is 5.56 Å². The Bertz CT molecular complexity index is 803. The molecule has 1 amide bonds. The normalized spacial score (nSPS) is 11.6. The molecule has 0 bridgehead atoms. The van der Waals surface area contributed by atoms with Gasteiger partial charge in [0.25, 0.3) is 5.91 Å². The second kappa shape index (κ2) is 8.82. The molecule has 0 aliphatic rings. The maximum Gasteiger partial charge on any atom is 0.279 e. The number of nitrogens with one attached hydrogen (secondary N) is 1. The fraction of sp³-hybridized carbons (Fsp3) is 0.222. The van der Waals surface area contributed by atoms with Crippen LogP contribution in [0.3, 0.4) is 0 Å². The second-order valence-corrected chi connectivity index (χ2v) is 6.41. The number of nitriles is 1. The molecule has 0 saturated carbocycles. The quantitative estimate of drug-likeness (QED) is 0.753. The van der Waals surface area contributed by atoms with Gasteiger partial charge in [0.05, 0.1) is 22.5 Å². The van der Waals surface area contributed by atoms with E-state index in [1.165, 1.54) is 12.1 Å². The molecule has 0 unspecified atom stereocenters. The number of hydrogen-bond donors (Lipinski definition) is 2. The molecule has 1 atom stereocenters. The predicted octanol–water partition coefficient (Wildman–Crippen LogP) is 3.46. The van der Waals surface area contributed by atoms with Gasteiger partial charge in [-0.2, -0.15) is 5.26 Å². The summed E-state index contributed by atoms with van der Waals surface area (Å²) < 4.78 is 13.6. The average molecular weight is 381 g/mol. The lowest BCUT2D eigenvalue weighted by atomic mass is 10.1. The van der Waals surface area contributed by atoms with E-state index >= 15 is 0 Å². The summed E-state index contributed by atoms with van der Waals surface area (Å²) in [7, 11) is 0. The van der Waals surface area contributed by atoms with Crippen LogP contribution in [-0.2, 0) is 11.2 Å². The molecule has 0 aromatic heterocycles. The number of halogens is 3. The third-order valence-electron chi connectivity index (χ3n) is 3.71. The van der Waals surface area contributed by atoms with Crippen LogP contribution in [0.1, 0.15) is 24.1 Å². The first-order valence-electron chi connectivity index (χ1n) is 7.64. The number of hydrogen-bond acceptors (Lipinski definition) is 2. The molecule has 2 aromatic carbocycles. The van der Waals surface area contributed by atoms with Crippen LogP contribution in [0.2, 0.25) is 10.0 Å². The summed E-state index contributed by atoms with van der Waals surface area (Å²) >= 11 is 11.8. The third kappa shape index (κ3) is 5.43.